The van der Waals surface area contributed by atoms with Crippen LogP contribution in [0.5, 0.6) is 0 Å². The van der Waals surface area contributed by atoms with E-state index in [1.807, 2.05) is 30.3 Å². The van der Waals surface area contributed by atoms with Crippen molar-refractivity contribution in [3.63, 3.8) is 0 Å². The SMILES string of the molecule is CC(O)CN(C)C(=O)[C@@H](N)CCc1ccccc1. The number of nitrogens with two attached hydrogens (primary N) is 1. The van der Waals surface area contributed by atoms with Crippen LogP contribution in [0.1, 0.15) is 18.9 Å². The zero-order valence-electron chi connectivity index (χ0n) is 11.0. The van der Waals surface area contributed by atoms with E-state index in [9.17, 15) is 9.90 Å². The van der Waals surface area contributed by atoms with Crippen LogP contribution in [0.2, 0.25) is 0 Å². The van der Waals surface area contributed by atoms with Gasteiger partial charge in [0, 0.05) is 13.6 Å². The molecule has 18 heavy (non-hydrogen) atoms. The number of aliphatic hydroxyl groups is 1. The molecule has 0 fully saturated rings. The number of hydrogen-bond acceptors (Lipinski definition) is 3. The van der Waals surface area contributed by atoms with Gasteiger partial charge in [0.25, 0.3) is 0 Å². The molecule has 0 bridgehead atoms. The first-order chi connectivity index (χ1) is 8.50. The summed E-state index contributed by atoms with van der Waals surface area (Å²) >= 11 is 0. The number of nitrogens with zero attached hydrogens (tertiary/aromatic N) is 1. The molecule has 0 radical (unpaired) electrons. The van der Waals surface area contributed by atoms with Crippen LogP contribution in [-0.4, -0.2) is 41.7 Å². The lowest BCUT2D eigenvalue weighted by Crippen LogP contribution is -2.44. The normalized spacial score (nSPS) is 14.0. The summed E-state index contributed by atoms with van der Waals surface area (Å²) in [4.78, 5) is 13.4. The molecule has 4 nitrogen and oxygen atoms in total. The van der Waals surface area contributed by atoms with E-state index in [-0.39, 0.29) is 5.91 Å². The smallest absolute Gasteiger partial charge is 0.239 e. The van der Waals surface area contributed by atoms with Gasteiger partial charge in [0.15, 0.2) is 0 Å². The fraction of sp³-hybridized carbons (Fsp3) is 0.500. The van der Waals surface area contributed by atoms with E-state index in [2.05, 4.69) is 0 Å². The Kier molecular flexibility index (Phi) is 5.82. The standard InChI is InChI=1S/C14H22N2O2/c1-11(17)10-16(2)14(18)13(15)9-8-12-6-4-3-5-7-12/h3-7,11,13,17H,8-10,15H2,1-2H3/t11?,13-/m0/s1. The predicted octanol–water partition coefficient (Wildman–Crippen LogP) is 0.786. The molecule has 0 aliphatic rings. The van der Waals surface area contributed by atoms with Gasteiger partial charge in [-0.05, 0) is 25.3 Å². The van der Waals surface area contributed by atoms with Crippen molar-refractivity contribution in [2.75, 3.05) is 13.6 Å². The summed E-state index contributed by atoms with van der Waals surface area (Å²) in [6.45, 7) is 1.97. The molecule has 2 atom stereocenters. The fourth-order valence-corrected chi connectivity index (χ4v) is 1.86. The Balaban J connectivity index is 2.40. The Morgan fingerprint density at radius 3 is 2.56 bits per heavy atom. The van der Waals surface area contributed by atoms with Crippen molar-refractivity contribution in [2.24, 2.45) is 5.73 Å². The van der Waals surface area contributed by atoms with Crippen molar-refractivity contribution in [1.82, 2.24) is 4.90 Å². The number of carbonyl (C=O) groups is 1. The van der Waals surface area contributed by atoms with Crippen LogP contribution in [-0.2, 0) is 11.2 Å². The van der Waals surface area contributed by atoms with Gasteiger partial charge in [0.2, 0.25) is 5.91 Å². The Morgan fingerprint density at radius 1 is 1.39 bits per heavy atom. The van der Waals surface area contributed by atoms with Crippen molar-refractivity contribution in [3.8, 4) is 0 Å². The van der Waals surface area contributed by atoms with Crippen LogP contribution in [0.4, 0.5) is 0 Å². The zero-order valence-corrected chi connectivity index (χ0v) is 11.0. The van der Waals surface area contributed by atoms with E-state index >= 15 is 0 Å². The molecule has 1 aromatic rings. The number of aryl methyl sites for hydroxylation is 1. The third-order valence-electron chi connectivity index (χ3n) is 2.82. The molecule has 0 spiro atoms. The number of amides is 1. The largest absolute Gasteiger partial charge is 0.392 e. The Hall–Kier alpha value is -1.39. The summed E-state index contributed by atoms with van der Waals surface area (Å²) in [5.74, 6) is -0.119. The third kappa shape index (κ3) is 4.85. The summed E-state index contributed by atoms with van der Waals surface area (Å²) in [5.41, 5.74) is 7.05. The van der Waals surface area contributed by atoms with Crippen LogP contribution in [0.25, 0.3) is 0 Å². The maximum atomic E-state index is 11.9. The molecule has 4 heteroatoms. The van der Waals surface area contributed by atoms with Crippen molar-refractivity contribution >= 4 is 5.91 Å². The topological polar surface area (TPSA) is 66.6 Å². The molecular formula is C14H22N2O2. The minimum absolute atomic E-state index is 0.119. The average Bonchev–Trinajstić information content (AvgIpc) is 2.35. The fourth-order valence-electron chi connectivity index (χ4n) is 1.86. The van der Waals surface area contributed by atoms with E-state index in [0.29, 0.717) is 13.0 Å². The van der Waals surface area contributed by atoms with Gasteiger partial charge in [-0.3, -0.25) is 4.79 Å². The summed E-state index contributed by atoms with van der Waals surface area (Å²) in [5, 5.41) is 9.23. The van der Waals surface area contributed by atoms with E-state index < -0.39 is 12.1 Å². The highest BCUT2D eigenvalue weighted by Gasteiger charge is 2.18. The molecule has 0 aliphatic heterocycles. The molecule has 1 amide bonds. The second-order valence-electron chi connectivity index (χ2n) is 4.70. The van der Waals surface area contributed by atoms with Gasteiger partial charge in [-0.2, -0.15) is 0 Å². The first-order valence-corrected chi connectivity index (χ1v) is 6.23. The maximum absolute atomic E-state index is 11.9. The molecule has 1 unspecified atom stereocenters. The summed E-state index contributed by atoms with van der Waals surface area (Å²) in [6.07, 6.45) is 0.878. The summed E-state index contributed by atoms with van der Waals surface area (Å²) in [7, 11) is 1.66. The van der Waals surface area contributed by atoms with Crippen LogP contribution in [0.3, 0.4) is 0 Å². The maximum Gasteiger partial charge on any atom is 0.239 e. The van der Waals surface area contributed by atoms with Gasteiger partial charge < -0.3 is 15.7 Å². The molecule has 0 saturated carbocycles. The molecule has 0 aromatic heterocycles. The highest BCUT2D eigenvalue weighted by molar-refractivity contribution is 5.81. The molecule has 0 heterocycles. The number of likely N-dealkylation sites (N-methyl/N-ethyl adjacent to an activating group) is 1. The van der Waals surface area contributed by atoms with E-state index in [0.717, 1.165) is 6.42 Å². The second kappa shape index (κ2) is 7.13. The number of carbonyl (C=O) groups excluding carboxylic acids is 1. The summed E-state index contributed by atoms with van der Waals surface area (Å²) < 4.78 is 0. The van der Waals surface area contributed by atoms with Gasteiger partial charge in [0.05, 0.1) is 12.1 Å². The van der Waals surface area contributed by atoms with Crippen LogP contribution in [0.15, 0.2) is 30.3 Å². The monoisotopic (exact) mass is 250 g/mol. The van der Waals surface area contributed by atoms with E-state index in [1.54, 1.807) is 14.0 Å². The highest BCUT2D eigenvalue weighted by Crippen LogP contribution is 2.05. The van der Waals surface area contributed by atoms with E-state index in [1.165, 1.54) is 10.5 Å². The van der Waals surface area contributed by atoms with E-state index in [4.69, 9.17) is 5.73 Å². The average molecular weight is 250 g/mol. The molecular weight excluding hydrogens is 228 g/mol. The number of hydrogen-bond donors (Lipinski definition) is 2. The first-order valence-electron chi connectivity index (χ1n) is 6.23. The predicted molar refractivity (Wildman–Crippen MR) is 72.1 cm³/mol. The van der Waals surface area contributed by atoms with Gasteiger partial charge in [0.1, 0.15) is 0 Å². The Bertz CT molecular complexity index is 365. The lowest BCUT2D eigenvalue weighted by molar-refractivity contribution is -0.132. The molecule has 0 saturated heterocycles. The van der Waals surface area contributed by atoms with Gasteiger partial charge >= 0.3 is 0 Å². The van der Waals surface area contributed by atoms with Crippen molar-refractivity contribution < 1.29 is 9.90 Å². The number of aliphatic hydroxyl groups excluding tert-OH is 1. The number of benzene rings is 1. The van der Waals surface area contributed by atoms with Crippen LogP contribution >= 0.6 is 0 Å². The molecule has 1 rings (SSSR count). The molecule has 100 valence electrons. The minimum atomic E-state index is -0.528. The quantitative estimate of drug-likeness (QED) is 0.784. The van der Waals surface area contributed by atoms with Crippen LogP contribution in [0, 0.1) is 0 Å². The summed E-state index contributed by atoms with van der Waals surface area (Å²) in [6, 6.07) is 9.46. The van der Waals surface area contributed by atoms with Gasteiger partial charge in [-0.25, -0.2) is 0 Å². The molecule has 1 aromatic carbocycles. The van der Waals surface area contributed by atoms with Gasteiger partial charge in [-0.15, -0.1) is 0 Å². The number of rotatable bonds is 6. The third-order valence-corrected chi connectivity index (χ3v) is 2.82. The Labute approximate surface area is 108 Å². The Morgan fingerprint density at radius 2 is 2.00 bits per heavy atom. The minimum Gasteiger partial charge on any atom is -0.392 e. The van der Waals surface area contributed by atoms with Crippen molar-refractivity contribution in [1.29, 1.82) is 0 Å². The van der Waals surface area contributed by atoms with Crippen molar-refractivity contribution in [2.45, 2.75) is 31.9 Å². The van der Waals surface area contributed by atoms with Gasteiger partial charge in [-0.1, -0.05) is 30.3 Å². The highest BCUT2D eigenvalue weighted by atomic mass is 16.3. The van der Waals surface area contributed by atoms with Crippen molar-refractivity contribution in [3.05, 3.63) is 35.9 Å². The second-order valence-corrected chi connectivity index (χ2v) is 4.70. The van der Waals surface area contributed by atoms with Crippen LogP contribution < -0.4 is 5.73 Å². The molecule has 3 N–H and O–H groups in total. The lowest BCUT2D eigenvalue weighted by atomic mass is 10.0. The zero-order chi connectivity index (χ0) is 13.5. The molecule has 0 aliphatic carbocycles. The first kappa shape index (κ1) is 14.7. The lowest BCUT2D eigenvalue weighted by Gasteiger charge is -2.22.